The first kappa shape index (κ1) is 15.1. The molecule has 0 saturated carbocycles. The minimum atomic E-state index is -1.23. The van der Waals surface area contributed by atoms with Gasteiger partial charge in [-0.15, -0.1) is 0 Å². The summed E-state index contributed by atoms with van der Waals surface area (Å²) in [5, 5.41) is 21.7. The fourth-order valence-corrected chi connectivity index (χ4v) is 2.71. The number of carbonyl (C=O) groups is 2. The van der Waals surface area contributed by atoms with Crippen molar-refractivity contribution in [1.82, 2.24) is 10.2 Å². The zero-order valence-electron chi connectivity index (χ0n) is 11.7. The quantitative estimate of drug-likeness (QED) is 0.665. The summed E-state index contributed by atoms with van der Waals surface area (Å²) in [7, 11) is 0. The van der Waals surface area contributed by atoms with E-state index in [0.717, 1.165) is 0 Å². The summed E-state index contributed by atoms with van der Waals surface area (Å²) in [5.74, 6) is -1.01. The van der Waals surface area contributed by atoms with E-state index in [1.165, 1.54) is 0 Å². The molecule has 0 radical (unpaired) electrons. The second kappa shape index (κ2) is 5.97. The Hall–Kier alpha value is -1.34. The topological polar surface area (TPSA) is 99.1 Å². The Bertz CT molecular complexity index is 381. The van der Waals surface area contributed by atoms with Crippen molar-refractivity contribution in [2.45, 2.75) is 37.8 Å². The van der Waals surface area contributed by atoms with Crippen LogP contribution in [0.4, 0.5) is 4.79 Å². The first-order valence-electron chi connectivity index (χ1n) is 7.01. The van der Waals surface area contributed by atoms with Crippen LogP contribution in [0.15, 0.2) is 0 Å². The molecule has 114 valence electrons. The zero-order chi connectivity index (χ0) is 14.8. The summed E-state index contributed by atoms with van der Waals surface area (Å²) in [6.45, 7) is 3.44. The number of aliphatic hydroxyl groups excluding tert-OH is 1. The van der Waals surface area contributed by atoms with Gasteiger partial charge in [-0.25, -0.2) is 9.59 Å². The van der Waals surface area contributed by atoms with Crippen molar-refractivity contribution in [3.8, 4) is 0 Å². The number of hydrogen-bond donors (Lipinski definition) is 3. The minimum absolute atomic E-state index is 0.00460. The number of rotatable bonds is 2. The van der Waals surface area contributed by atoms with Crippen LogP contribution < -0.4 is 5.32 Å². The largest absolute Gasteiger partial charge is 0.480 e. The standard InChI is InChI=1S/C13H22N2O5/c1-9-8-15(5-2-10(9)16)12(19)14-13(11(17)18)3-6-20-7-4-13/h9-10,16H,2-8H2,1H3,(H,14,19)(H,17,18). The summed E-state index contributed by atoms with van der Waals surface area (Å²) >= 11 is 0. The number of carboxylic acid groups (broad SMARTS) is 1. The van der Waals surface area contributed by atoms with Crippen LogP contribution in [0.2, 0.25) is 0 Å². The number of nitrogens with zero attached hydrogens (tertiary/aromatic N) is 1. The molecule has 0 spiro atoms. The van der Waals surface area contributed by atoms with E-state index in [-0.39, 0.29) is 24.8 Å². The predicted octanol–water partition coefficient (Wildman–Crippen LogP) is 0.0325. The van der Waals surface area contributed by atoms with Crippen LogP contribution in [0.5, 0.6) is 0 Å². The highest BCUT2D eigenvalue weighted by atomic mass is 16.5. The Kier molecular flexibility index (Phi) is 4.49. The van der Waals surface area contributed by atoms with Gasteiger partial charge in [0, 0.05) is 39.1 Å². The Morgan fingerprint density at radius 3 is 2.55 bits per heavy atom. The summed E-state index contributed by atoms with van der Waals surface area (Å²) in [4.78, 5) is 25.3. The van der Waals surface area contributed by atoms with E-state index < -0.39 is 17.6 Å². The minimum Gasteiger partial charge on any atom is -0.480 e. The van der Waals surface area contributed by atoms with Gasteiger partial charge in [-0.05, 0) is 12.3 Å². The van der Waals surface area contributed by atoms with E-state index in [1.54, 1.807) is 4.90 Å². The van der Waals surface area contributed by atoms with Gasteiger partial charge in [0.05, 0.1) is 6.10 Å². The number of aliphatic carboxylic acids is 1. The van der Waals surface area contributed by atoms with Crippen LogP contribution in [0, 0.1) is 5.92 Å². The summed E-state index contributed by atoms with van der Waals surface area (Å²) in [5.41, 5.74) is -1.23. The number of aliphatic hydroxyl groups is 1. The number of likely N-dealkylation sites (tertiary alicyclic amines) is 1. The highest BCUT2D eigenvalue weighted by Gasteiger charge is 2.43. The van der Waals surface area contributed by atoms with Crippen LogP contribution in [-0.4, -0.2) is 65.1 Å². The molecule has 2 aliphatic rings. The number of amides is 2. The maximum atomic E-state index is 12.3. The Balaban J connectivity index is 2.00. The third-order valence-electron chi connectivity index (χ3n) is 4.25. The van der Waals surface area contributed by atoms with Crippen LogP contribution in [0.3, 0.4) is 0 Å². The number of carbonyl (C=O) groups excluding carboxylic acids is 1. The van der Waals surface area contributed by atoms with Crippen LogP contribution in [0.25, 0.3) is 0 Å². The highest BCUT2D eigenvalue weighted by molar-refractivity contribution is 5.86. The van der Waals surface area contributed by atoms with E-state index in [4.69, 9.17) is 4.74 Å². The lowest BCUT2D eigenvalue weighted by molar-refractivity contribution is -0.148. The number of hydrogen-bond acceptors (Lipinski definition) is 4. The maximum Gasteiger partial charge on any atom is 0.329 e. The lowest BCUT2D eigenvalue weighted by Crippen LogP contribution is -2.61. The third kappa shape index (κ3) is 3.04. The molecule has 2 rings (SSSR count). The van der Waals surface area contributed by atoms with E-state index in [2.05, 4.69) is 5.32 Å². The van der Waals surface area contributed by atoms with E-state index in [9.17, 15) is 19.8 Å². The average molecular weight is 286 g/mol. The maximum absolute atomic E-state index is 12.3. The molecule has 2 saturated heterocycles. The van der Waals surface area contributed by atoms with Crippen LogP contribution in [-0.2, 0) is 9.53 Å². The Morgan fingerprint density at radius 2 is 2.00 bits per heavy atom. The second-order valence-electron chi connectivity index (χ2n) is 5.71. The zero-order valence-corrected chi connectivity index (χ0v) is 11.7. The van der Waals surface area contributed by atoms with Gasteiger partial charge in [0.15, 0.2) is 0 Å². The molecule has 0 bridgehead atoms. The third-order valence-corrected chi connectivity index (χ3v) is 4.25. The lowest BCUT2D eigenvalue weighted by atomic mass is 9.90. The van der Waals surface area contributed by atoms with Gasteiger partial charge in [0.1, 0.15) is 5.54 Å². The van der Waals surface area contributed by atoms with Crippen molar-refractivity contribution < 1.29 is 24.5 Å². The van der Waals surface area contributed by atoms with E-state index in [0.29, 0.717) is 32.7 Å². The number of nitrogens with one attached hydrogen (secondary N) is 1. The van der Waals surface area contributed by atoms with Crippen molar-refractivity contribution >= 4 is 12.0 Å². The molecule has 2 aliphatic heterocycles. The van der Waals surface area contributed by atoms with Gasteiger partial charge in [0.25, 0.3) is 0 Å². The Morgan fingerprint density at radius 1 is 1.35 bits per heavy atom. The number of carboxylic acids is 1. The molecule has 7 heteroatoms. The molecular formula is C13H22N2O5. The van der Waals surface area contributed by atoms with Crippen molar-refractivity contribution in [3.05, 3.63) is 0 Å². The second-order valence-corrected chi connectivity index (χ2v) is 5.71. The molecule has 3 N–H and O–H groups in total. The van der Waals surface area contributed by atoms with Gasteiger partial charge < -0.3 is 25.2 Å². The number of urea groups is 1. The summed E-state index contributed by atoms with van der Waals surface area (Å²) in [6, 6.07) is -0.368. The van der Waals surface area contributed by atoms with Gasteiger partial charge >= 0.3 is 12.0 Å². The SMILES string of the molecule is CC1CN(C(=O)NC2(C(=O)O)CCOCC2)CCC1O. The molecule has 0 aromatic heterocycles. The molecule has 7 nitrogen and oxygen atoms in total. The fraction of sp³-hybridized carbons (Fsp3) is 0.846. The average Bonchev–Trinajstić information content (AvgIpc) is 2.42. The molecule has 2 amide bonds. The molecule has 2 atom stereocenters. The molecule has 2 heterocycles. The first-order valence-corrected chi connectivity index (χ1v) is 7.01. The molecule has 2 unspecified atom stereocenters. The van der Waals surface area contributed by atoms with Crippen LogP contribution >= 0.6 is 0 Å². The molecule has 2 fully saturated rings. The van der Waals surface area contributed by atoms with Gasteiger partial charge in [-0.3, -0.25) is 0 Å². The van der Waals surface area contributed by atoms with Crippen molar-refractivity contribution in [2.24, 2.45) is 5.92 Å². The van der Waals surface area contributed by atoms with Gasteiger partial charge in [-0.1, -0.05) is 6.92 Å². The highest BCUT2D eigenvalue weighted by Crippen LogP contribution is 2.23. The first-order chi connectivity index (χ1) is 9.44. The summed E-state index contributed by atoms with van der Waals surface area (Å²) < 4.78 is 5.17. The van der Waals surface area contributed by atoms with Crippen molar-refractivity contribution in [3.63, 3.8) is 0 Å². The van der Waals surface area contributed by atoms with Gasteiger partial charge in [-0.2, -0.15) is 0 Å². The Labute approximate surface area is 117 Å². The van der Waals surface area contributed by atoms with Crippen LogP contribution in [0.1, 0.15) is 26.2 Å². The number of piperidine rings is 1. The normalized spacial score (nSPS) is 29.8. The van der Waals surface area contributed by atoms with Crippen molar-refractivity contribution in [1.29, 1.82) is 0 Å². The molecule has 0 aromatic rings. The number of ether oxygens (including phenoxy) is 1. The molecule has 20 heavy (non-hydrogen) atoms. The van der Waals surface area contributed by atoms with E-state index in [1.807, 2.05) is 6.92 Å². The van der Waals surface area contributed by atoms with E-state index >= 15 is 0 Å². The summed E-state index contributed by atoms with van der Waals surface area (Å²) in [6.07, 6.45) is 0.688. The lowest BCUT2D eigenvalue weighted by Gasteiger charge is -2.39. The predicted molar refractivity (Wildman–Crippen MR) is 70.3 cm³/mol. The fourth-order valence-electron chi connectivity index (χ4n) is 2.71. The monoisotopic (exact) mass is 286 g/mol. The molecular weight excluding hydrogens is 264 g/mol. The molecule has 0 aromatic carbocycles. The molecule has 0 aliphatic carbocycles. The van der Waals surface area contributed by atoms with Crippen molar-refractivity contribution in [2.75, 3.05) is 26.3 Å². The van der Waals surface area contributed by atoms with Gasteiger partial charge in [0.2, 0.25) is 0 Å². The smallest absolute Gasteiger partial charge is 0.329 e.